The second-order valence-electron chi connectivity index (χ2n) is 6.05. The van der Waals surface area contributed by atoms with Gasteiger partial charge in [-0.1, -0.05) is 30.2 Å². The zero-order valence-corrected chi connectivity index (χ0v) is 12.4. The minimum absolute atomic E-state index is 0.0291. The zero-order valence-electron chi connectivity index (χ0n) is 11.6. The maximum Gasteiger partial charge on any atom is 0.233 e. The van der Waals surface area contributed by atoms with Crippen LogP contribution in [0.2, 0.25) is 5.02 Å². The first-order valence-corrected chi connectivity index (χ1v) is 7.83. The normalized spacial score (nSPS) is 20.2. The first-order valence-electron chi connectivity index (χ1n) is 7.46. The minimum Gasteiger partial charge on any atom is -0.355 e. The molecule has 2 aliphatic rings. The molecule has 0 unspecified atom stereocenters. The number of carbonyl (C=O) groups excluding carboxylic acids is 1. The largest absolute Gasteiger partial charge is 0.355 e. The standard InChI is InChI=1S/C16H21ClN2O/c17-14-6-2-5-13(9-14)16(7-8-16)19-11-15(20)18-10-12-3-1-4-12/h2,5-6,9,12,19H,1,3-4,7-8,10-11H2,(H,18,20). The van der Waals surface area contributed by atoms with Gasteiger partial charge < -0.3 is 5.32 Å². The van der Waals surface area contributed by atoms with Crippen molar-refractivity contribution in [1.29, 1.82) is 0 Å². The van der Waals surface area contributed by atoms with Crippen molar-refractivity contribution in [3.05, 3.63) is 34.9 Å². The van der Waals surface area contributed by atoms with Gasteiger partial charge in [-0.3, -0.25) is 10.1 Å². The summed E-state index contributed by atoms with van der Waals surface area (Å²) in [5.41, 5.74) is 1.16. The van der Waals surface area contributed by atoms with E-state index in [0.29, 0.717) is 12.5 Å². The maximum atomic E-state index is 11.9. The fraction of sp³-hybridized carbons (Fsp3) is 0.562. The van der Waals surface area contributed by atoms with Gasteiger partial charge >= 0.3 is 0 Å². The molecule has 0 heterocycles. The van der Waals surface area contributed by atoms with Crippen LogP contribution in [0.3, 0.4) is 0 Å². The van der Waals surface area contributed by atoms with Gasteiger partial charge in [-0.15, -0.1) is 0 Å². The summed E-state index contributed by atoms with van der Waals surface area (Å²) in [5.74, 6) is 0.812. The Hall–Kier alpha value is -1.06. The number of rotatable bonds is 6. The van der Waals surface area contributed by atoms with Gasteiger partial charge in [0.15, 0.2) is 0 Å². The van der Waals surface area contributed by atoms with Gasteiger partial charge in [-0.25, -0.2) is 0 Å². The van der Waals surface area contributed by atoms with Crippen molar-refractivity contribution in [2.24, 2.45) is 5.92 Å². The van der Waals surface area contributed by atoms with E-state index < -0.39 is 0 Å². The van der Waals surface area contributed by atoms with E-state index in [2.05, 4.69) is 16.7 Å². The van der Waals surface area contributed by atoms with E-state index in [4.69, 9.17) is 11.6 Å². The molecular formula is C16H21ClN2O. The Morgan fingerprint density at radius 3 is 2.75 bits per heavy atom. The highest BCUT2D eigenvalue weighted by molar-refractivity contribution is 6.30. The third kappa shape index (κ3) is 3.15. The van der Waals surface area contributed by atoms with Gasteiger partial charge in [0.1, 0.15) is 0 Å². The predicted octanol–water partition coefficient (Wildman–Crippen LogP) is 2.84. The van der Waals surface area contributed by atoms with Crippen LogP contribution in [-0.4, -0.2) is 19.0 Å². The first-order chi connectivity index (χ1) is 9.68. The Kier molecular flexibility index (Phi) is 3.99. The smallest absolute Gasteiger partial charge is 0.233 e. The van der Waals surface area contributed by atoms with Crippen molar-refractivity contribution in [2.45, 2.75) is 37.6 Å². The lowest BCUT2D eigenvalue weighted by Gasteiger charge is -2.25. The number of hydrogen-bond acceptors (Lipinski definition) is 2. The molecular weight excluding hydrogens is 272 g/mol. The van der Waals surface area contributed by atoms with E-state index in [9.17, 15) is 4.79 Å². The van der Waals surface area contributed by atoms with Crippen LogP contribution >= 0.6 is 11.6 Å². The van der Waals surface area contributed by atoms with E-state index in [0.717, 1.165) is 24.4 Å². The fourth-order valence-electron chi connectivity index (χ4n) is 2.75. The van der Waals surface area contributed by atoms with Gasteiger partial charge in [0.2, 0.25) is 5.91 Å². The molecule has 0 aromatic heterocycles. The molecule has 0 aliphatic heterocycles. The van der Waals surface area contributed by atoms with Crippen molar-refractivity contribution in [2.75, 3.05) is 13.1 Å². The molecule has 0 bridgehead atoms. The monoisotopic (exact) mass is 292 g/mol. The molecule has 0 atom stereocenters. The Labute approximate surface area is 125 Å². The van der Waals surface area contributed by atoms with E-state index in [1.165, 1.54) is 24.8 Å². The molecule has 1 amide bonds. The molecule has 1 aromatic rings. The summed E-state index contributed by atoms with van der Waals surface area (Å²) >= 11 is 6.04. The van der Waals surface area contributed by atoms with Crippen molar-refractivity contribution < 1.29 is 4.79 Å². The molecule has 3 rings (SSSR count). The molecule has 2 saturated carbocycles. The zero-order chi connectivity index (χ0) is 14.0. The van der Waals surface area contributed by atoms with Crippen LogP contribution < -0.4 is 10.6 Å². The molecule has 2 fully saturated rings. The molecule has 1 aromatic carbocycles. The van der Waals surface area contributed by atoms with Crippen LogP contribution in [0.25, 0.3) is 0 Å². The fourth-order valence-corrected chi connectivity index (χ4v) is 2.94. The third-order valence-electron chi connectivity index (χ3n) is 4.53. The Morgan fingerprint density at radius 2 is 2.15 bits per heavy atom. The molecule has 4 heteroatoms. The summed E-state index contributed by atoms with van der Waals surface area (Å²) in [5, 5.41) is 7.18. The quantitative estimate of drug-likeness (QED) is 0.846. The summed E-state index contributed by atoms with van der Waals surface area (Å²) in [7, 11) is 0. The number of hydrogen-bond donors (Lipinski definition) is 2. The van der Waals surface area contributed by atoms with Gasteiger partial charge in [0, 0.05) is 17.1 Å². The number of halogens is 1. The summed E-state index contributed by atoms with van der Waals surface area (Å²) in [6, 6.07) is 7.93. The van der Waals surface area contributed by atoms with Crippen molar-refractivity contribution >= 4 is 17.5 Å². The minimum atomic E-state index is -0.0291. The van der Waals surface area contributed by atoms with Gasteiger partial charge in [-0.05, 0) is 49.3 Å². The number of benzene rings is 1. The van der Waals surface area contributed by atoms with E-state index in [1.54, 1.807) is 0 Å². The first kappa shape index (κ1) is 13.9. The topological polar surface area (TPSA) is 41.1 Å². The van der Waals surface area contributed by atoms with E-state index >= 15 is 0 Å². The lowest BCUT2D eigenvalue weighted by molar-refractivity contribution is -0.120. The molecule has 3 nitrogen and oxygen atoms in total. The molecule has 20 heavy (non-hydrogen) atoms. The lowest BCUT2D eigenvalue weighted by atomic mass is 9.85. The molecule has 108 valence electrons. The molecule has 0 saturated heterocycles. The molecule has 2 N–H and O–H groups in total. The van der Waals surface area contributed by atoms with Crippen LogP contribution in [0.1, 0.15) is 37.7 Å². The Bertz CT molecular complexity index is 495. The van der Waals surface area contributed by atoms with Crippen molar-refractivity contribution in [1.82, 2.24) is 10.6 Å². The van der Waals surface area contributed by atoms with Crippen molar-refractivity contribution in [3.8, 4) is 0 Å². The Morgan fingerprint density at radius 1 is 1.35 bits per heavy atom. The van der Waals surface area contributed by atoms with Gasteiger partial charge in [0.05, 0.1) is 6.54 Å². The second kappa shape index (κ2) is 5.74. The highest BCUT2D eigenvalue weighted by Gasteiger charge is 2.44. The van der Waals surface area contributed by atoms with Crippen LogP contribution in [0, 0.1) is 5.92 Å². The van der Waals surface area contributed by atoms with Crippen LogP contribution in [0.5, 0.6) is 0 Å². The second-order valence-corrected chi connectivity index (χ2v) is 6.48. The van der Waals surface area contributed by atoms with Gasteiger partial charge in [-0.2, -0.15) is 0 Å². The lowest BCUT2D eigenvalue weighted by Crippen LogP contribution is -2.41. The van der Waals surface area contributed by atoms with Crippen LogP contribution in [-0.2, 0) is 10.3 Å². The summed E-state index contributed by atoms with van der Waals surface area (Å²) in [6.45, 7) is 1.23. The summed E-state index contributed by atoms with van der Waals surface area (Å²) in [4.78, 5) is 11.9. The molecule has 2 aliphatic carbocycles. The Balaban J connectivity index is 1.48. The highest BCUT2D eigenvalue weighted by atomic mass is 35.5. The SMILES string of the molecule is O=C(CNC1(c2cccc(Cl)c2)CC1)NCC1CCC1. The number of nitrogens with one attached hydrogen (secondary N) is 2. The van der Waals surface area contributed by atoms with Gasteiger partial charge in [0.25, 0.3) is 0 Å². The van der Waals surface area contributed by atoms with Crippen LogP contribution in [0.4, 0.5) is 0 Å². The van der Waals surface area contributed by atoms with E-state index in [1.807, 2.05) is 18.2 Å². The third-order valence-corrected chi connectivity index (χ3v) is 4.76. The molecule has 0 radical (unpaired) electrons. The average molecular weight is 293 g/mol. The van der Waals surface area contributed by atoms with E-state index in [-0.39, 0.29) is 11.4 Å². The van der Waals surface area contributed by atoms with Crippen molar-refractivity contribution in [3.63, 3.8) is 0 Å². The average Bonchev–Trinajstić information content (AvgIpc) is 3.16. The summed E-state index contributed by atoms with van der Waals surface area (Å²) < 4.78 is 0. The maximum absolute atomic E-state index is 11.9. The summed E-state index contributed by atoms with van der Waals surface area (Å²) in [6.07, 6.45) is 5.99. The number of carbonyl (C=O) groups is 1. The predicted molar refractivity (Wildman–Crippen MR) is 80.7 cm³/mol. The highest BCUT2D eigenvalue weighted by Crippen LogP contribution is 2.45. The molecule has 0 spiro atoms. The number of amides is 1. The van der Waals surface area contributed by atoms with Crippen LogP contribution in [0.15, 0.2) is 24.3 Å².